The Morgan fingerprint density at radius 2 is 0.911 bits per heavy atom. The van der Waals surface area contributed by atoms with Crippen LogP contribution in [0.25, 0.3) is 44.3 Å². The number of benzene rings is 4. The van der Waals surface area contributed by atoms with E-state index >= 15 is 0 Å². The highest BCUT2D eigenvalue weighted by Gasteiger charge is 2.20. The molecule has 6 heteroatoms. The van der Waals surface area contributed by atoms with Gasteiger partial charge in [-0.3, -0.25) is 9.59 Å². The molecule has 6 rings (SSSR count). The van der Waals surface area contributed by atoms with Gasteiger partial charge in [0.25, 0.3) is 11.8 Å². The molecule has 224 valence electrons. The quantitative estimate of drug-likeness (QED) is 0.176. The van der Waals surface area contributed by atoms with Gasteiger partial charge < -0.3 is 10.6 Å². The van der Waals surface area contributed by atoms with Gasteiger partial charge in [-0.1, -0.05) is 96.1 Å². The molecule has 0 aliphatic carbocycles. The van der Waals surface area contributed by atoms with E-state index in [1.807, 2.05) is 86.6 Å². The van der Waals surface area contributed by atoms with Crippen LogP contribution in [0.3, 0.4) is 0 Å². The Labute approximate surface area is 263 Å². The smallest absolute Gasteiger partial charge is 0.252 e. The lowest BCUT2D eigenvalue weighted by atomic mass is 9.96. The molecule has 0 spiro atoms. The zero-order valence-corrected chi connectivity index (χ0v) is 26.1. The molecule has 2 N–H and O–H groups in total. The molecule has 6 nitrogen and oxygen atoms in total. The topological polar surface area (TPSA) is 84.0 Å². The largest absolute Gasteiger partial charge is 0.352 e. The van der Waals surface area contributed by atoms with Crippen LogP contribution in [0.15, 0.2) is 97.1 Å². The van der Waals surface area contributed by atoms with Gasteiger partial charge in [0.15, 0.2) is 0 Å². The second-order valence-electron chi connectivity index (χ2n) is 11.6. The van der Waals surface area contributed by atoms with Crippen molar-refractivity contribution in [3.63, 3.8) is 0 Å². The predicted octanol–water partition coefficient (Wildman–Crippen LogP) is 7.90. The van der Waals surface area contributed by atoms with Crippen LogP contribution in [-0.2, 0) is 0 Å². The Hall–Kier alpha value is -5.36. The molecule has 0 radical (unpaired) electrons. The van der Waals surface area contributed by atoms with Crippen molar-refractivity contribution in [3.05, 3.63) is 130 Å². The summed E-state index contributed by atoms with van der Waals surface area (Å²) in [6.07, 6.45) is 0.581. The molecule has 2 aromatic heterocycles. The highest BCUT2D eigenvalue weighted by molar-refractivity contribution is 6.10. The molecule has 2 heterocycles. The first-order chi connectivity index (χ1) is 21.8. The normalized spacial score (nSPS) is 11.1. The molecule has 4 aromatic carbocycles. The molecular weight excluding hydrogens is 556 g/mol. The van der Waals surface area contributed by atoms with E-state index in [4.69, 9.17) is 9.97 Å². The number of aromatic nitrogens is 2. The predicted molar refractivity (Wildman–Crippen MR) is 183 cm³/mol. The zero-order chi connectivity index (χ0) is 31.5. The molecule has 0 saturated heterocycles. The van der Waals surface area contributed by atoms with Crippen molar-refractivity contribution in [2.24, 2.45) is 0 Å². The average molecular weight is 593 g/mol. The van der Waals surface area contributed by atoms with Gasteiger partial charge in [-0.15, -0.1) is 0 Å². The van der Waals surface area contributed by atoms with Gasteiger partial charge in [0.2, 0.25) is 0 Å². The minimum Gasteiger partial charge on any atom is -0.352 e. The average Bonchev–Trinajstić information content (AvgIpc) is 3.04. The molecule has 6 aromatic rings. The third-order valence-electron chi connectivity index (χ3n) is 8.30. The summed E-state index contributed by atoms with van der Waals surface area (Å²) in [4.78, 5) is 37.0. The lowest BCUT2D eigenvalue weighted by Crippen LogP contribution is -2.31. The van der Waals surface area contributed by atoms with Crippen molar-refractivity contribution in [1.29, 1.82) is 0 Å². The minimum atomic E-state index is -0.149. The molecule has 2 amide bonds. The van der Waals surface area contributed by atoms with E-state index in [0.717, 1.165) is 55.4 Å². The number of amides is 2. The van der Waals surface area contributed by atoms with E-state index in [-0.39, 0.29) is 11.8 Å². The van der Waals surface area contributed by atoms with Crippen LogP contribution in [0.2, 0.25) is 0 Å². The van der Waals surface area contributed by atoms with Crippen LogP contribution in [0, 0.1) is 27.7 Å². The number of hydrogen-bond donors (Lipinski definition) is 2. The van der Waals surface area contributed by atoms with Gasteiger partial charge in [-0.2, -0.15) is 0 Å². The standard InChI is InChI=1S/C39H36N4O2/c1-24-14-18-28(19-15-24)36-26(3)34(30-10-5-7-12-32(30)42-36)38(44)40-22-9-23-41-39(45)35-27(4)37(29-20-16-25(2)17-21-29)43-33-13-8-6-11-31(33)35/h5-8,10-21H,9,22-23H2,1-4H3,(H,40,44)(H,41,45). The summed E-state index contributed by atoms with van der Waals surface area (Å²) in [7, 11) is 0. The van der Waals surface area contributed by atoms with Crippen LogP contribution < -0.4 is 10.6 Å². The number of nitrogens with zero attached hydrogens (tertiary/aromatic N) is 2. The molecule has 0 aliphatic heterocycles. The Balaban J connectivity index is 1.17. The second-order valence-corrected chi connectivity index (χ2v) is 11.6. The fourth-order valence-corrected chi connectivity index (χ4v) is 5.85. The first-order valence-corrected chi connectivity index (χ1v) is 15.3. The van der Waals surface area contributed by atoms with Crippen molar-refractivity contribution >= 4 is 33.6 Å². The Bertz CT molecular complexity index is 1900. The number of carbonyl (C=O) groups is 2. The van der Waals surface area contributed by atoms with Crippen LogP contribution in [0.5, 0.6) is 0 Å². The Morgan fingerprint density at radius 1 is 0.533 bits per heavy atom. The van der Waals surface area contributed by atoms with Crippen LogP contribution >= 0.6 is 0 Å². The number of pyridine rings is 2. The molecule has 0 saturated carbocycles. The number of hydrogen-bond acceptors (Lipinski definition) is 4. The van der Waals surface area contributed by atoms with Crippen molar-refractivity contribution in [3.8, 4) is 22.5 Å². The number of para-hydroxylation sites is 2. The minimum absolute atomic E-state index is 0.149. The lowest BCUT2D eigenvalue weighted by Gasteiger charge is -2.16. The van der Waals surface area contributed by atoms with E-state index in [9.17, 15) is 9.59 Å². The van der Waals surface area contributed by atoms with Gasteiger partial charge in [0.1, 0.15) is 0 Å². The maximum Gasteiger partial charge on any atom is 0.252 e. The first kappa shape index (κ1) is 29.7. The van der Waals surface area contributed by atoms with Crippen molar-refractivity contribution in [2.45, 2.75) is 34.1 Å². The Kier molecular flexibility index (Phi) is 8.39. The molecule has 45 heavy (non-hydrogen) atoms. The number of nitrogens with one attached hydrogen (secondary N) is 2. The maximum absolute atomic E-state index is 13.6. The summed E-state index contributed by atoms with van der Waals surface area (Å²) in [6, 6.07) is 31.9. The number of rotatable bonds is 8. The lowest BCUT2D eigenvalue weighted by molar-refractivity contribution is 0.0953. The molecule has 0 fully saturated rings. The fourth-order valence-electron chi connectivity index (χ4n) is 5.85. The second kappa shape index (κ2) is 12.7. The fraction of sp³-hybridized carbons (Fsp3) is 0.179. The van der Waals surface area contributed by atoms with E-state index in [2.05, 4.69) is 48.7 Å². The van der Waals surface area contributed by atoms with Gasteiger partial charge in [-0.25, -0.2) is 9.97 Å². The van der Waals surface area contributed by atoms with E-state index in [0.29, 0.717) is 30.6 Å². The molecule has 0 aliphatic rings. The summed E-state index contributed by atoms with van der Waals surface area (Å²) in [5.41, 5.74) is 10.4. The molecular formula is C39H36N4O2. The van der Waals surface area contributed by atoms with E-state index in [1.54, 1.807) is 0 Å². The SMILES string of the molecule is Cc1ccc(-c2nc3ccccc3c(C(=O)NCCCNC(=O)c3c(C)c(-c4ccc(C)cc4)nc4ccccc34)c2C)cc1. The van der Waals surface area contributed by atoms with E-state index < -0.39 is 0 Å². The zero-order valence-electron chi connectivity index (χ0n) is 26.1. The van der Waals surface area contributed by atoms with Gasteiger partial charge in [-0.05, 0) is 57.4 Å². The molecule has 0 unspecified atom stereocenters. The molecule has 0 atom stereocenters. The third-order valence-corrected chi connectivity index (χ3v) is 8.30. The molecule has 0 bridgehead atoms. The van der Waals surface area contributed by atoms with E-state index in [1.165, 1.54) is 11.1 Å². The number of fused-ring (bicyclic) bond motifs is 2. The summed E-state index contributed by atoms with van der Waals surface area (Å²) in [5.74, 6) is -0.297. The first-order valence-electron chi connectivity index (χ1n) is 15.3. The maximum atomic E-state index is 13.6. The van der Waals surface area contributed by atoms with Crippen molar-refractivity contribution in [2.75, 3.05) is 13.1 Å². The summed E-state index contributed by atoms with van der Waals surface area (Å²) < 4.78 is 0. The Morgan fingerprint density at radius 3 is 1.31 bits per heavy atom. The van der Waals surface area contributed by atoms with Gasteiger partial charge in [0, 0.05) is 35.0 Å². The van der Waals surface area contributed by atoms with Crippen LogP contribution in [-0.4, -0.2) is 34.9 Å². The highest BCUT2D eigenvalue weighted by Crippen LogP contribution is 2.31. The van der Waals surface area contributed by atoms with Crippen molar-refractivity contribution in [1.82, 2.24) is 20.6 Å². The van der Waals surface area contributed by atoms with Gasteiger partial charge in [0.05, 0.1) is 33.5 Å². The number of carbonyl (C=O) groups excluding carboxylic acids is 2. The highest BCUT2D eigenvalue weighted by atomic mass is 16.2. The summed E-state index contributed by atoms with van der Waals surface area (Å²) in [5, 5.41) is 7.80. The monoisotopic (exact) mass is 592 g/mol. The third kappa shape index (κ3) is 6.04. The summed E-state index contributed by atoms with van der Waals surface area (Å²) in [6.45, 7) is 8.84. The van der Waals surface area contributed by atoms with Crippen LogP contribution in [0.1, 0.15) is 49.4 Å². The number of aryl methyl sites for hydroxylation is 2. The summed E-state index contributed by atoms with van der Waals surface area (Å²) >= 11 is 0. The van der Waals surface area contributed by atoms with Crippen LogP contribution in [0.4, 0.5) is 0 Å². The van der Waals surface area contributed by atoms with Gasteiger partial charge >= 0.3 is 0 Å². The van der Waals surface area contributed by atoms with Crippen molar-refractivity contribution < 1.29 is 9.59 Å².